The Morgan fingerprint density at radius 3 is 2.67 bits per heavy atom. The Hall–Kier alpha value is -3.32. The predicted octanol–water partition coefficient (Wildman–Crippen LogP) is 3.95. The Kier molecular flexibility index (Phi) is 5.42. The van der Waals surface area contributed by atoms with Crippen molar-refractivity contribution in [2.75, 3.05) is 5.32 Å². The molecule has 0 unspecified atom stereocenters. The molecule has 3 aromatic rings. The number of thiocarbonyl (C=S) groups is 1. The third-order valence-corrected chi connectivity index (χ3v) is 4.21. The molecule has 0 aliphatic carbocycles. The molecule has 3 rings (SSSR count). The Bertz CT molecular complexity index is 1060. The second kappa shape index (κ2) is 7.92. The van der Waals surface area contributed by atoms with Crippen molar-refractivity contribution in [3.8, 4) is 0 Å². The van der Waals surface area contributed by atoms with Gasteiger partial charge in [0.15, 0.2) is 5.11 Å². The van der Waals surface area contributed by atoms with Crippen LogP contribution >= 0.6 is 12.2 Å². The minimum absolute atomic E-state index is 0.230. The molecule has 0 saturated heterocycles. The van der Waals surface area contributed by atoms with Crippen LogP contribution in [0.4, 0.5) is 5.69 Å². The van der Waals surface area contributed by atoms with Gasteiger partial charge in [-0.2, -0.15) is 5.10 Å². The summed E-state index contributed by atoms with van der Waals surface area (Å²) in [5, 5.41) is 17.7. The fourth-order valence-electron chi connectivity index (χ4n) is 2.55. The highest BCUT2D eigenvalue weighted by Crippen LogP contribution is 2.16. The van der Waals surface area contributed by atoms with Gasteiger partial charge in [-0.3, -0.25) is 5.43 Å². The zero-order valence-electron chi connectivity index (χ0n) is 14.9. The molecule has 0 amide bonds. The number of anilines is 1. The van der Waals surface area contributed by atoms with E-state index in [0.29, 0.717) is 16.5 Å². The van der Waals surface area contributed by atoms with Gasteiger partial charge in [0.25, 0.3) is 0 Å². The van der Waals surface area contributed by atoms with Gasteiger partial charge in [-0.25, -0.2) is 9.78 Å². The van der Waals surface area contributed by atoms with Crippen LogP contribution in [-0.2, 0) is 0 Å². The first-order valence-corrected chi connectivity index (χ1v) is 8.66. The van der Waals surface area contributed by atoms with Gasteiger partial charge in [-0.1, -0.05) is 24.3 Å². The highest BCUT2D eigenvalue weighted by atomic mass is 32.1. The average Bonchev–Trinajstić information content (AvgIpc) is 2.67. The first kappa shape index (κ1) is 18.5. The fraction of sp³-hybridized carbons (Fsp3) is 0.100. The number of benzene rings is 2. The number of aryl methyl sites for hydroxylation is 1. The van der Waals surface area contributed by atoms with Crippen LogP contribution < -0.4 is 10.7 Å². The summed E-state index contributed by atoms with van der Waals surface area (Å²) in [7, 11) is 0. The number of hydrogen-bond acceptors (Lipinski definition) is 4. The molecule has 0 aliphatic rings. The number of nitrogens with zero attached hydrogens (tertiary/aromatic N) is 2. The van der Waals surface area contributed by atoms with Crippen LogP contribution in [0.1, 0.15) is 28.5 Å². The number of carboxylic acids is 1. The number of rotatable bonds is 4. The number of pyridine rings is 1. The highest BCUT2D eigenvalue weighted by Gasteiger charge is 2.07. The molecule has 2 aromatic carbocycles. The van der Waals surface area contributed by atoms with Crippen LogP contribution in [0.3, 0.4) is 0 Å². The summed E-state index contributed by atoms with van der Waals surface area (Å²) in [6.45, 7) is 3.66. The molecule has 136 valence electrons. The fourth-order valence-corrected chi connectivity index (χ4v) is 2.70. The molecular weight excluding hydrogens is 360 g/mol. The monoisotopic (exact) mass is 378 g/mol. The SMILES string of the molecule is C/C(=N/NC(=S)Nc1ccc(C(=O)O)cc1C)c1ccc2ccccc2n1. The van der Waals surface area contributed by atoms with E-state index < -0.39 is 5.97 Å². The molecule has 0 aliphatic heterocycles. The van der Waals surface area contributed by atoms with Gasteiger partial charge < -0.3 is 10.4 Å². The maximum absolute atomic E-state index is 11.0. The molecule has 0 saturated carbocycles. The summed E-state index contributed by atoms with van der Waals surface area (Å²) < 4.78 is 0. The molecule has 6 nitrogen and oxygen atoms in total. The zero-order chi connectivity index (χ0) is 19.4. The predicted molar refractivity (Wildman–Crippen MR) is 111 cm³/mol. The van der Waals surface area contributed by atoms with Crippen molar-refractivity contribution >= 4 is 45.6 Å². The van der Waals surface area contributed by atoms with Crippen molar-refractivity contribution < 1.29 is 9.90 Å². The van der Waals surface area contributed by atoms with Crippen LogP contribution in [0.15, 0.2) is 59.7 Å². The van der Waals surface area contributed by atoms with E-state index in [1.165, 1.54) is 6.07 Å². The summed E-state index contributed by atoms with van der Waals surface area (Å²) in [4.78, 5) is 15.6. The summed E-state index contributed by atoms with van der Waals surface area (Å²) in [6.07, 6.45) is 0. The first-order valence-electron chi connectivity index (χ1n) is 8.25. The number of aromatic nitrogens is 1. The quantitative estimate of drug-likeness (QED) is 0.362. The van der Waals surface area contributed by atoms with Crippen LogP contribution in [0.2, 0.25) is 0 Å². The average molecular weight is 378 g/mol. The normalized spacial score (nSPS) is 11.3. The number of hydrogen-bond donors (Lipinski definition) is 3. The van der Waals surface area contributed by atoms with E-state index in [4.69, 9.17) is 17.3 Å². The topological polar surface area (TPSA) is 86.6 Å². The molecule has 0 spiro atoms. The van der Waals surface area contributed by atoms with E-state index in [-0.39, 0.29) is 5.56 Å². The second-order valence-electron chi connectivity index (χ2n) is 5.99. The Morgan fingerprint density at radius 2 is 1.93 bits per heavy atom. The molecule has 27 heavy (non-hydrogen) atoms. The van der Waals surface area contributed by atoms with Gasteiger partial charge in [0, 0.05) is 11.1 Å². The molecule has 0 bridgehead atoms. The van der Waals surface area contributed by atoms with Crippen molar-refractivity contribution in [2.45, 2.75) is 13.8 Å². The minimum Gasteiger partial charge on any atom is -0.478 e. The molecule has 0 fully saturated rings. The Morgan fingerprint density at radius 1 is 1.15 bits per heavy atom. The number of aromatic carboxylic acids is 1. The molecular formula is C20H18N4O2S. The standard InChI is InChI=1S/C20H18N4O2S/c1-12-11-15(19(25)26)8-9-16(12)22-20(27)24-23-13(2)17-10-7-14-5-3-4-6-18(14)21-17/h3-11H,1-2H3,(H,25,26)(H2,22,24,27)/b23-13-. The number of hydrazone groups is 1. The summed E-state index contributed by atoms with van der Waals surface area (Å²) in [6, 6.07) is 16.6. The van der Waals surface area contributed by atoms with Crippen molar-refractivity contribution in [3.63, 3.8) is 0 Å². The first-order chi connectivity index (χ1) is 12.9. The second-order valence-corrected chi connectivity index (χ2v) is 6.40. The highest BCUT2D eigenvalue weighted by molar-refractivity contribution is 7.80. The number of carbonyl (C=O) groups is 1. The summed E-state index contributed by atoms with van der Waals surface area (Å²) in [5.74, 6) is -0.964. The van der Waals surface area contributed by atoms with Gasteiger partial charge in [0.1, 0.15) is 0 Å². The van der Waals surface area contributed by atoms with E-state index in [2.05, 4.69) is 20.8 Å². The van der Waals surface area contributed by atoms with Crippen molar-refractivity contribution in [1.82, 2.24) is 10.4 Å². The smallest absolute Gasteiger partial charge is 0.335 e. The van der Waals surface area contributed by atoms with Crippen LogP contribution in [-0.4, -0.2) is 26.9 Å². The van der Waals surface area contributed by atoms with Crippen molar-refractivity contribution in [3.05, 3.63) is 71.4 Å². The lowest BCUT2D eigenvalue weighted by Crippen LogP contribution is -2.25. The van der Waals surface area contributed by atoms with Crippen LogP contribution in [0.25, 0.3) is 10.9 Å². The molecule has 0 atom stereocenters. The number of fused-ring (bicyclic) bond motifs is 1. The molecule has 0 radical (unpaired) electrons. The lowest BCUT2D eigenvalue weighted by molar-refractivity contribution is 0.0697. The van der Waals surface area contributed by atoms with Crippen molar-refractivity contribution in [2.24, 2.45) is 5.10 Å². The van der Waals surface area contributed by atoms with Crippen LogP contribution in [0.5, 0.6) is 0 Å². The summed E-state index contributed by atoms with van der Waals surface area (Å²) >= 11 is 5.26. The molecule has 7 heteroatoms. The maximum Gasteiger partial charge on any atom is 0.335 e. The zero-order valence-corrected chi connectivity index (χ0v) is 15.7. The van der Waals surface area contributed by atoms with Crippen molar-refractivity contribution in [1.29, 1.82) is 0 Å². The maximum atomic E-state index is 11.0. The Labute approximate surface area is 161 Å². The van der Waals surface area contributed by atoms with E-state index in [9.17, 15) is 4.79 Å². The number of para-hydroxylation sites is 1. The van der Waals surface area contributed by atoms with E-state index in [0.717, 1.165) is 22.2 Å². The van der Waals surface area contributed by atoms with Gasteiger partial charge in [-0.15, -0.1) is 0 Å². The lowest BCUT2D eigenvalue weighted by atomic mass is 10.1. The molecule has 1 aromatic heterocycles. The third-order valence-electron chi connectivity index (χ3n) is 4.02. The van der Waals surface area contributed by atoms with E-state index in [1.807, 2.05) is 50.2 Å². The largest absolute Gasteiger partial charge is 0.478 e. The van der Waals surface area contributed by atoms with E-state index >= 15 is 0 Å². The van der Waals surface area contributed by atoms with Gasteiger partial charge in [0.05, 0.1) is 22.5 Å². The van der Waals surface area contributed by atoms with E-state index in [1.54, 1.807) is 12.1 Å². The third kappa shape index (κ3) is 4.45. The van der Waals surface area contributed by atoms with Crippen LogP contribution in [0, 0.1) is 6.92 Å². The van der Waals surface area contributed by atoms with Gasteiger partial charge in [0.2, 0.25) is 0 Å². The Balaban J connectivity index is 1.69. The van der Waals surface area contributed by atoms with Gasteiger partial charge in [-0.05, 0) is 62.0 Å². The number of carboxylic acid groups (broad SMARTS) is 1. The lowest BCUT2D eigenvalue weighted by Gasteiger charge is -2.11. The number of nitrogens with one attached hydrogen (secondary N) is 2. The van der Waals surface area contributed by atoms with Gasteiger partial charge >= 0.3 is 5.97 Å². The minimum atomic E-state index is -0.964. The molecule has 1 heterocycles. The summed E-state index contributed by atoms with van der Waals surface area (Å²) in [5.41, 5.74) is 6.87. The molecule has 3 N–H and O–H groups in total.